The summed E-state index contributed by atoms with van der Waals surface area (Å²) in [7, 11) is 0. The van der Waals surface area contributed by atoms with E-state index >= 15 is 0 Å². The summed E-state index contributed by atoms with van der Waals surface area (Å²) in [4.78, 5) is 16.4. The molecule has 2 rings (SSSR count). The number of hydrogen-bond donors (Lipinski definition) is 0. The first-order valence-corrected chi connectivity index (χ1v) is 7.49. The maximum Gasteiger partial charge on any atom is 0.170 e. The van der Waals surface area contributed by atoms with Gasteiger partial charge in [-0.15, -0.1) is 0 Å². The zero-order valence-corrected chi connectivity index (χ0v) is 13.6. The van der Waals surface area contributed by atoms with Crippen LogP contribution in [0.4, 0.5) is 0 Å². The second kappa shape index (κ2) is 6.50. The Morgan fingerprint density at radius 3 is 2.85 bits per heavy atom. The van der Waals surface area contributed by atoms with Gasteiger partial charge in [-0.05, 0) is 40.0 Å². The van der Waals surface area contributed by atoms with E-state index in [1.54, 1.807) is 22.9 Å². The summed E-state index contributed by atoms with van der Waals surface area (Å²) < 4.78 is 2.50. The van der Waals surface area contributed by atoms with Crippen molar-refractivity contribution in [3.05, 3.63) is 45.4 Å². The van der Waals surface area contributed by atoms with Crippen molar-refractivity contribution >= 4 is 33.3 Å². The fourth-order valence-electron chi connectivity index (χ4n) is 1.84. The summed E-state index contributed by atoms with van der Waals surface area (Å²) in [6.45, 7) is 4.96. The molecule has 0 fully saturated rings. The van der Waals surface area contributed by atoms with E-state index in [4.69, 9.17) is 11.6 Å². The molecule has 6 heteroatoms. The smallest absolute Gasteiger partial charge is 0.170 e. The van der Waals surface area contributed by atoms with Gasteiger partial charge in [0.25, 0.3) is 0 Å². The van der Waals surface area contributed by atoms with Crippen molar-refractivity contribution in [3.8, 4) is 0 Å². The van der Waals surface area contributed by atoms with Crippen molar-refractivity contribution < 1.29 is 4.79 Å². The first-order valence-electron chi connectivity index (χ1n) is 6.32. The molecule has 106 valence electrons. The maximum absolute atomic E-state index is 12.3. The van der Waals surface area contributed by atoms with Crippen LogP contribution >= 0.6 is 27.5 Å². The molecule has 4 nitrogen and oxygen atoms in total. The summed E-state index contributed by atoms with van der Waals surface area (Å²) in [5.41, 5.74) is 0.611. The minimum Gasteiger partial charge on any atom is -0.294 e. The van der Waals surface area contributed by atoms with Crippen molar-refractivity contribution in [2.24, 2.45) is 5.92 Å². The second-order valence-corrected chi connectivity index (χ2v) is 6.24. The average molecular weight is 357 g/mol. The van der Waals surface area contributed by atoms with Crippen molar-refractivity contribution in [1.29, 1.82) is 0 Å². The van der Waals surface area contributed by atoms with E-state index < -0.39 is 0 Å². The van der Waals surface area contributed by atoms with Gasteiger partial charge in [0.15, 0.2) is 5.78 Å². The number of hydrogen-bond acceptors (Lipinski definition) is 3. The zero-order chi connectivity index (χ0) is 14.7. The fourth-order valence-corrected chi connectivity index (χ4v) is 2.33. The van der Waals surface area contributed by atoms with Crippen molar-refractivity contribution in [3.63, 3.8) is 0 Å². The van der Waals surface area contributed by atoms with Gasteiger partial charge in [0, 0.05) is 16.6 Å². The fraction of sp³-hybridized carbons (Fsp3) is 0.357. The highest BCUT2D eigenvalue weighted by Crippen LogP contribution is 2.23. The summed E-state index contributed by atoms with van der Waals surface area (Å²) in [6, 6.07) is 5.16. The maximum atomic E-state index is 12.3. The molecule has 2 aromatic rings. The Hall–Kier alpha value is -1.20. The molecule has 0 aliphatic heterocycles. The summed E-state index contributed by atoms with van der Waals surface area (Å²) in [5, 5.41) is 4.75. The van der Waals surface area contributed by atoms with Crippen LogP contribution in [0.15, 0.2) is 29.0 Å². The van der Waals surface area contributed by atoms with Gasteiger partial charge >= 0.3 is 0 Å². The number of rotatable bonds is 5. The van der Waals surface area contributed by atoms with E-state index in [1.165, 1.54) is 6.33 Å². The van der Waals surface area contributed by atoms with Gasteiger partial charge in [-0.3, -0.25) is 4.79 Å². The Morgan fingerprint density at radius 1 is 1.45 bits per heavy atom. The molecular weight excluding hydrogens is 342 g/mol. The van der Waals surface area contributed by atoms with Gasteiger partial charge in [-0.1, -0.05) is 25.4 Å². The normalized spacial score (nSPS) is 11.1. The zero-order valence-electron chi connectivity index (χ0n) is 11.3. The van der Waals surface area contributed by atoms with Crippen molar-refractivity contribution in [2.75, 3.05) is 0 Å². The molecule has 1 heterocycles. The third-order valence-electron chi connectivity index (χ3n) is 2.79. The lowest BCUT2D eigenvalue weighted by molar-refractivity contribution is 0.0989. The Balaban J connectivity index is 2.15. The predicted octanol–water partition coefficient (Wildman–Crippen LogP) is 3.78. The van der Waals surface area contributed by atoms with Crippen LogP contribution in [0.3, 0.4) is 0 Å². The van der Waals surface area contributed by atoms with E-state index in [0.717, 1.165) is 6.54 Å². The third-order valence-corrected chi connectivity index (χ3v) is 4.01. The molecule has 0 N–H and O–H groups in total. The van der Waals surface area contributed by atoms with E-state index in [2.05, 4.69) is 39.9 Å². The number of aromatic nitrogens is 3. The van der Waals surface area contributed by atoms with Crippen molar-refractivity contribution in [2.45, 2.75) is 26.8 Å². The molecule has 0 aliphatic carbocycles. The number of ketones is 1. The van der Waals surface area contributed by atoms with Crippen LogP contribution in [-0.2, 0) is 13.0 Å². The monoisotopic (exact) mass is 355 g/mol. The number of halogens is 2. The minimum absolute atomic E-state index is 0.000345. The number of Topliss-reactive ketones (excluding diaryl/α,β-unsaturated/α-hetero) is 1. The summed E-state index contributed by atoms with van der Waals surface area (Å²) in [5.74, 6) is 1.14. The Labute approximate surface area is 131 Å². The molecule has 0 aliphatic rings. The lowest BCUT2D eigenvalue weighted by Gasteiger charge is -2.08. The molecule has 20 heavy (non-hydrogen) atoms. The molecule has 1 aromatic heterocycles. The molecule has 1 aromatic carbocycles. The highest BCUT2D eigenvalue weighted by atomic mass is 79.9. The quantitative estimate of drug-likeness (QED) is 0.766. The molecular formula is C14H15BrClN3O. The van der Waals surface area contributed by atoms with E-state index in [0.29, 0.717) is 26.8 Å². The highest BCUT2D eigenvalue weighted by Gasteiger charge is 2.14. The van der Waals surface area contributed by atoms with Crippen molar-refractivity contribution in [1.82, 2.24) is 14.8 Å². The van der Waals surface area contributed by atoms with Gasteiger partial charge in [0.1, 0.15) is 12.2 Å². The molecule has 0 atom stereocenters. The van der Waals surface area contributed by atoms with Crippen LogP contribution in [-0.4, -0.2) is 20.5 Å². The molecule has 0 unspecified atom stereocenters. The van der Waals surface area contributed by atoms with E-state index in [9.17, 15) is 4.79 Å². The number of carbonyl (C=O) groups is 1. The van der Waals surface area contributed by atoms with Crippen LogP contribution in [0, 0.1) is 5.92 Å². The number of nitrogens with zero attached hydrogens (tertiary/aromatic N) is 3. The minimum atomic E-state index is 0.000345. The van der Waals surface area contributed by atoms with E-state index in [-0.39, 0.29) is 12.2 Å². The Bertz CT molecular complexity index is 625. The summed E-state index contributed by atoms with van der Waals surface area (Å²) in [6.07, 6.45) is 1.73. The second-order valence-electron chi connectivity index (χ2n) is 4.98. The van der Waals surface area contributed by atoms with Gasteiger partial charge in [0.2, 0.25) is 0 Å². The molecule has 0 radical (unpaired) electrons. The average Bonchev–Trinajstić information content (AvgIpc) is 2.79. The first kappa shape index (κ1) is 15.2. The molecule has 0 saturated carbocycles. The van der Waals surface area contributed by atoms with Crippen LogP contribution in [0.5, 0.6) is 0 Å². The highest BCUT2D eigenvalue weighted by molar-refractivity contribution is 9.10. The Morgan fingerprint density at radius 2 is 2.20 bits per heavy atom. The Kier molecular flexibility index (Phi) is 4.94. The lowest BCUT2D eigenvalue weighted by Crippen LogP contribution is -2.14. The van der Waals surface area contributed by atoms with Gasteiger partial charge in [-0.2, -0.15) is 5.10 Å². The number of benzene rings is 1. The van der Waals surface area contributed by atoms with Gasteiger partial charge < -0.3 is 0 Å². The van der Waals surface area contributed by atoms with Gasteiger partial charge in [-0.25, -0.2) is 9.67 Å². The van der Waals surface area contributed by atoms with Crippen LogP contribution in [0.2, 0.25) is 5.02 Å². The predicted molar refractivity (Wildman–Crippen MR) is 82.0 cm³/mol. The largest absolute Gasteiger partial charge is 0.294 e. The SMILES string of the molecule is CC(C)Cn1ncnc1CC(=O)c1ccc(Cl)c(Br)c1. The first-order chi connectivity index (χ1) is 9.47. The standard InChI is InChI=1S/C14H15BrClN3O/c1-9(2)7-19-14(17-8-18-19)6-13(20)10-3-4-12(16)11(15)5-10/h3-5,8-9H,6-7H2,1-2H3. The molecule has 0 amide bonds. The third kappa shape index (κ3) is 3.67. The van der Waals surface area contributed by atoms with Crippen LogP contribution in [0.25, 0.3) is 0 Å². The van der Waals surface area contributed by atoms with E-state index in [1.807, 2.05) is 0 Å². The molecule has 0 spiro atoms. The molecule has 0 saturated heterocycles. The van der Waals surface area contributed by atoms with Crippen LogP contribution in [0.1, 0.15) is 30.0 Å². The van der Waals surface area contributed by atoms with Gasteiger partial charge in [0.05, 0.1) is 11.4 Å². The molecule has 0 bridgehead atoms. The lowest BCUT2D eigenvalue weighted by atomic mass is 10.1. The number of carbonyl (C=O) groups excluding carboxylic acids is 1. The van der Waals surface area contributed by atoms with Crippen LogP contribution < -0.4 is 0 Å². The topological polar surface area (TPSA) is 47.8 Å². The summed E-state index contributed by atoms with van der Waals surface area (Å²) >= 11 is 9.25.